The van der Waals surface area contributed by atoms with Crippen LogP contribution in [-0.2, 0) is 17.5 Å². The molecule has 0 aromatic heterocycles. The number of carboxylic acids is 1. The molecule has 2 aromatic rings. The van der Waals surface area contributed by atoms with Gasteiger partial charge in [0.15, 0.2) is 0 Å². The third-order valence-corrected chi connectivity index (χ3v) is 5.89. The molecule has 0 saturated carbocycles. The third-order valence-electron chi connectivity index (χ3n) is 5.29. The number of halogens is 5. The van der Waals surface area contributed by atoms with Gasteiger partial charge in [-0.2, -0.15) is 13.2 Å². The minimum absolute atomic E-state index is 0.0362. The maximum absolute atomic E-state index is 12.9. The van der Waals surface area contributed by atoms with E-state index in [9.17, 15) is 18.0 Å². The lowest BCUT2D eigenvalue weighted by molar-refractivity contribution is -0.139. The van der Waals surface area contributed by atoms with Crippen molar-refractivity contribution in [3.8, 4) is 0 Å². The second-order valence-electron chi connectivity index (χ2n) is 7.33. The molecule has 3 nitrogen and oxygen atoms in total. The van der Waals surface area contributed by atoms with E-state index in [0.29, 0.717) is 36.0 Å². The number of carbonyl (C=O) groups is 1. The minimum Gasteiger partial charge on any atom is -0.481 e. The average molecular weight is 446 g/mol. The molecule has 1 aliphatic rings. The average Bonchev–Trinajstić information content (AvgIpc) is 2.65. The van der Waals surface area contributed by atoms with Crippen LogP contribution in [0.3, 0.4) is 0 Å². The normalized spacial score (nSPS) is 20.6. The van der Waals surface area contributed by atoms with Gasteiger partial charge >= 0.3 is 12.1 Å². The maximum Gasteiger partial charge on any atom is 0.416 e. The van der Waals surface area contributed by atoms with E-state index in [1.165, 1.54) is 12.1 Å². The zero-order valence-corrected chi connectivity index (χ0v) is 16.9. The van der Waals surface area contributed by atoms with Crippen LogP contribution in [-0.4, -0.2) is 22.5 Å². The first-order valence-electron chi connectivity index (χ1n) is 9.20. The van der Waals surface area contributed by atoms with Gasteiger partial charge in [-0.15, -0.1) is 0 Å². The highest BCUT2D eigenvalue weighted by molar-refractivity contribution is 6.33. The lowest BCUT2D eigenvalue weighted by Gasteiger charge is -2.40. The summed E-state index contributed by atoms with van der Waals surface area (Å²) in [6.07, 6.45) is -3.11. The van der Waals surface area contributed by atoms with Crippen molar-refractivity contribution in [1.82, 2.24) is 4.90 Å². The van der Waals surface area contributed by atoms with Crippen LogP contribution in [0.1, 0.15) is 42.0 Å². The van der Waals surface area contributed by atoms with E-state index in [-0.39, 0.29) is 18.4 Å². The molecule has 2 aromatic carbocycles. The Labute approximate surface area is 177 Å². The van der Waals surface area contributed by atoms with Crippen molar-refractivity contribution in [3.05, 3.63) is 69.2 Å². The highest BCUT2D eigenvalue weighted by atomic mass is 35.5. The van der Waals surface area contributed by atoms with Gasteiger partial charge < -0.3 is 5.11 Å². The number of aliphatic carboxylic acids is 1. The van der Waals surface area contributed by atoms with Crippen molar-refractivity contribution in [2.75, 3.05) is 6.54 Å². The van der Waals surface area contributed by atoms with Gasteiger partial charge in [0.2, 0.25) is 0 Å². The number of hydrogen-bond donors (Lipinski definition) is 1. The monoisotopic (exact) mass is 445 g/mol. The molecule has 1 N–H and O–H groups in total. The summed E-state index contributed by atoms with van der Waals surface area (Å²) >= 11 is 12.4. The van der Waals surface area contributed by atoms with Crippen molar-refractivity contribution >= 4 is 29.2 Å². The third kappa shape index (κ3) is 5.65. The van der Waals surface area contributed by atoms with E-state index in [1.54, 1.807) is 18.2 Å². The summed E-state index contributed by atoms with van der Waals surface area (Å²) in [6, 6.07) is 10.1. The number of hydrogen-bond acceptors (Lipinski definition) is 2. The van der Waals surface area contributed by atoms with Gasteiger partial charge in [-0.1, -0.05) is 35.3 Å². The summed E-state index contributed by atoms with van der Waals surface area (Å²) in [6.45, 7) is 1.09. The van der Waals surface area contributed by atoms with Gasteiger partial charge in [-0.25, -0.2) is 0 Å². The number of likely N-dealkylation sites (tertiary alicyclic amines) is 1. The van der Waals surface area contributed by atoms with E-state index in [1.807, 2.05) is 0 Å². The lowest BCUT2D eigenvalue weighted by atomic mass is 9.84. The van der Waals surface area contributed by atoms with Crippen LogP contribution in [0.25, 0.3) is 0 Å². The van der Waals surface area contributed by atoms with E-state index >= 15 is 0 Å². The number of carboxylic acid groups (broad SMARTS) is 1. The van der Waals surface area contributed by atoms with Crippen LogP contribution in [0.4, 0.5) is 13.2 Å². The first-order valence-corrected chi connectivity index (χ1v) is 9.96. The molecule has 0 amide bonds. The summed E-state index contributed by atoms with van der Waals surface area (Å²) in [7, 11) is 0. The maximum atomic E-state index is 12.9. The van der Waals surface area contributed by atoms with Crippen LogP contribution >= 0.6 is 23.2 Å². The quantitative estimate of drug-likeness (QED) is 0.575. The standard InChI is InChI=1S/C21H20Cl2F3NO2/c22-17-5-6-18(23)15(11-17)12-27-8-7-13(10-20(28)29)9-19(27)14-1-3-16(4-2-14)21(24,25)26/h1-6,11,13,19H,7-10,12H2,(H,28,29)/t13-,19+/m0/s1. The first kappa shape index (κ1) is 21.9. The zero-order valence-electron chi connectivity index (χ0n) is 15.4. The fourth-order valence-corrected chi connectivity index (χ4v) is 4.20. The van der Waals surface area contributed by atoms with Crippen molar-refractivity contribution in [3.63, 3.8) is 0 Å². The molecule has 0 bridgehead atoms. The van der Waals surface area contributed by atoms with E-state index in [0.717, 1.165) is 23.3 Å². The van der Waals surface area contributed by atoms with Crippen molar-refractivity contribution in [2.45, 2.75) is 38.0 Å². The van der Waals surface area contributed by atoms with Crippen LogP contribution in [0.15, 0.2) is 42.5 Å². The molecule has 0 unspecified atom stereocenters. The molecular formula is C21H20Cl2F3NO2. The van der Waals surface area contributed by atoms with Gasteiger partial charge in [0, 0.05) is 29.1 Å². The Morgan fingerprint density at radius 2 is 1.83 bits per heavy atom. The predicted octanol–water partition coefficient (Wildman–Crippen LogP) is 6.44. The van der Waals surface area contributed by atoms with E-state index in [4.69, 9.17) is 28.3 Å². The SMILES string of the molecule is O=C(O)C[C@H]1CCN(Cc2cc(Cl)ccc2Cl)[C@@H](c2ccc(C(F)(F)F)cc2)C1. The number of rotatable bonds is 5. The first-order chi connectivity index (χ1) is 13.6. The largest absolute Gasteiger partial charge is 0.481 e. The van der Waals surface area contributed by atoms with Gasteiger partial charge in [-0.3, -0.25) is 9.69 Å². The Bertz CT molecular complexity index is 871. The van der Waals surface area contributed by atoms with Gasteiger partial charge in [0.25, 0.3) is 0 Å². The number of benzene rings is 2. The molecule has 3 rings (SSSR count). The minimum atomic E-state index is -4.40. The number of nitrogens with zero attached hydrogens (tertiary/aromatic N) is 1. The zero-order chi connectivity index (χ0) is 21.2. The molecule has 1 heterocycles. The summed E-state index contributed by atoms with van der Waals surface area (Å²) in [4.78, 5) is 13.3. The van der Waals surface area contributed by atoms with Gasteiger partial charge in [0.05, 0.1) is 5.56 Å². The molecular weight excluding hydrogens is 426 g/mol. The molecule has 1 aliphatic heterocycles. The molecule has 1 saturated heterocycles. The fraction of sp³-hybridized carbons (Fsp3) is 0.381. The van der Waals surface area contributed by atoms with Crippen LogP contribution in [0.2, 0.25) is 10.0 Å². The summed E-state index contributed by atoms with van der Waals surface area (Å²) in [5.74, 6) is -0.904. The fourth-order valence-electron chi connectivity index (χ4n) is 3.83. The van der Waals surface area contributed by atoms with Gasteiger partial charge in [-0.05, 0) is 66.8 Å². The Kier molecular flexibility index (Phi) is 6.76. The van der Waals surface area contributed by atoms with Crippen molar-refractivity contribution in [2.24, 2.45) is 5.92 Å². The van der Waals surface area contributed by atoms with Crippen LogP contribution in [0, 0.1) is 5.92 Å². The Balaban J connectivity index is 1.87. The molecule has 8 heteroatoms. The summed E-state index contributed by atoms with van der Waals surface area (Å²) in [5.41, 5.74) is 0.850. The number of piperidine rings is 1. The Hall–Kier alpha value is -1.76. The highest BCUT2D eigenvalue weighted by Gasteiger charge is 2.33. The molecule has 0 radical (unpaired) electrons. The molecule has 2 atom stereocenters. The second-order valence-corrected chi connectivity index (χ2v) is 8.17. The lowest BCUT2D eigenvalue weighted by Crippen LogP contribution is -2.37. The molecule has 0 aliphatic carbocycles. The summed E-state index contributed by atoms with van der Waals surface area (Å²) < 4.78 is 38.7. The predicted molar refractivity (Wildman–Crippen MR) is 106 cm³/mol. The Morgan fingerprint density at radius 3 is 2.45 bits per heavy atom. The molecule has 29 heavy (non-hydrogen) atoms. The molecule has 156 valence electrons. The highest BCUT2D eigenvalue weighted by Crippen LogP contribution is 2.39. The topological polar surface area (TPSA) is 40.5 Å². The Morgan fingerprint density at radius 1 is 1.14 bits per heavy atom. The molecule has 1 fully saturated rings. The summed E-state index contributed by atoms with van der Waals surface area (Å²) in [5, 5.41) is 10.3. The molecule has 0 spiro atoms. The van der Waals surface area contributed by atoms with Crippen LogP contribution in [0.5, 0.6) is 0 Å². The number of alkyl halides is 3. The second kappa shape index (κ2) is 8.94. The van der Waals surface area contributed by atoms with Crippen molar-refractivity contribution in [1.29, 1.82) is 0 Å². The van der Waals surface area contributed by atoms with E-state index < -0.39 is 17.7 Å². The van der Waals surface area contributed by atoms with Crippen molar-refractivity contribution < 1.29 is 23.1 Å². The van der Waals surface area contributed by atoms with Crippen LogP contribution < -0.4 is 0 Å². The van der Waals surface area contributed by atoms with E-state index in [2.05, 4.69) is 4.90 Å². The smallest absolute Gasteiger partial charge is 0.416 e. The van der Waals surface area contributed by atoms with Gasteiger partial charge in [0.1, 0.15) is 0 Å².